The highest BCUT2D eigenvalue weighted by Gasteiger charge is 2.68. The van der Waals surface area contributed by atoms with E-state index in [2.05, 4.69) is 10.6 Å². The average molecular weight is 486 g/mol. The van der Waals surface area contributed by atoms with E-state index in [9.17, 15) is 18.8 Å². The normalized spacial score (nSPS) is 32.1. The SMILES string of the molecule is CNC(=O)C(CCC=O)N1Cc2cc(OC3CCCCCC3NCC34CC(F)(C3)C4)ccc2C1=O. The van der Waals surface area contributed by atoms with Crippen LogP contribution in [-0.4, -0.2) is 60.4 Å². The van der Waals surface area contributed by atoms with Crippen molar-refractivity contribution in [3.8, 4) is 5.75 Å². The maximum absolute atomic E-state index is 13.9. The second-order valence-electron chi connectivity index (χ2n) is 11.1. The molecule has 1 aromatic rings. The summed E-state index contributed by atoms with van der Waals surface area (Å²) in [6, 6.07) is 5.11. The van der Waals surface area contributed by atoms with Crippen LogP contribution in [0.15, 0.2) is 18.2 Å². The molecular formula is C27H36FN3O4. The second-order valence-corrected chi connectivity index (χ2v) is 11.1. The van der Waals surface area contributed by atoms with Crippen LogP contribution in [0.2, 0.25) is 0 Å². The lowest BCUT2D eigenvalue weighted by molar-refractivity contribution is -0.211. The van der Waals surface area contributed by atoms with E-state index in [0.717, 1.165) is 49.8 Å². The Morgan fingerprint density at radius 2 is 2.03 bits per heavy atom. The van der Waals surface area contributed by atoms with E-state index in [1.54, 1.807) is 11.0 Å². The zero-order chi connectivity index (χ0) is 24.6. The number of halogens is 1. The molecule has 0 saturated heterocycles. The fourth-order valence-electron chi connectivity index (χ4n) is 6.68. The van der Waals surface area contributed by atoms with Gasteiger partial charge in [-0.15, -0.1) is 0 Å². The van der Waals surface area contributed by atoms with Gasteiger partial charge in [-0.2, -0.15) is 0 Å². The fraction of sp³-hybridized carbons (Fsp3) is 0.667. The Bertz CT molecular complexity index is 979. The third-order valence-corrected chi connectivity index (χ3v) is 8.45. The van der Waals surface area contributed by atoms with Crippen LogP contribution < -0.4 is 15.4 Å². The second kappa shape index (κ2) is 9.52. The van der Waals surface area contributed by atoms with Gasteiger partial charge in [0.2, 0.25) is 5.91 Å². The van der Waals surface area contributed by atoms with E-state index in [1.807, 2.05) is 12.1 Å². The number of nitrogens with zero attached hydrogens (tertiary/aromatic N) is 1. The molecule has 1 heterocycles. The Labute approximate surface area is 206 Å². The first-order valence-corrected chi connectivity index (χ1v) is 13.0. The van der Waals surface area contributed by atoms with Gasteiger partial charge in [0, 0.05) is 38.2 Å². The number of rotatable bonds is 10. The predicted molar refractivity (Wildman–Crippen MR) is 129 cm³/mol. The van der Waals surface area contributed by atoms with Crippen molar-refractivity contribution in [2.75, 3.05) is 13.6 Å². The maximum Gasteiger partial charge on any atom is 0.255 e. The zero-order valence-corrected chi connectivity index (χ0v) is 20.5. The largest absolute Gasteiger partial charge is 0.489 e. The quantitative estimate of drug-likeness (QED) is 0.392. The highest BCUT2D eigenvalue weighted by Crippen LogP contribution is 2.69. The van der Waals surface area contributed by atoms with Gasteiger partial charge in [0.1, 0.15) is 29.9 Å². The van der Waals surface area contributed by atoms with Gasteiger partial charge in [0.15, 0.2) is 0 Å². The van der Waals surface area contributed by atoms with Crippen LogP contribution in [0.3, 0.4) is 0 Å². The van der Waals surface area contributed by atoms with Gasteiger partial charge >= 0.3 is 0 Å². The van der Waals surface area contributed by atoms with Crippen molar-refractivity contribution in [3.63, 3.8) is 0 Å². The molecule has 6 rings (SSSR count). The van der Waals surface area contributed by atoms with E-state index in [0.29, 0.717) is 37.8 Å². The Morgan fingerprint density at radius 3 is 2.74 bits per heavy atom. The molecule has 2 N–H and O–H groups in total. The van der Waals surface area contributed by atoms with Crippen molar-refractivity contribution in [2.45, 2.75) is 94.6 Å². The van der Waals surface area contributed by atoms with Crippen molar-refractivity contribution in [3.05, 3.63) is 29.3 Å². The monoisotopic (exact) mass is 485 g/mol. The number of carbonyl (C=O) groups excluding carboxylic acids is 3. The fourth-order valence-corrected chi connectivity index (χ4v) is 6.68. The summed E-state index contributed by atoms with van der Waals surface area (Å²) in [5.74, 6) is 0.276. The number of carbonyl (C=O) groups is 3. The number of benzene rings is 1. The van der Waals surface area contributed by atoms with Crippen LogP contribution in [0.25, 0.3) is 0 Å². The summed E-state index contributed by atoms with van der Waals surface area (Å²) in [6.45, 7) is 1.18. The predicted octanol–water partition coefficient (Wildman–Crippen LogP) is 3.30. The molecule has 0 radical (unpaired) electrons. The molecule has 7 nitrogen and oxygen atoms in total. The molecule has 4 saturated carbocycles. The number of hydrogen-bond acceptors (Lipinski definition) is 5. The lowest BCUT2D eigenvalue weighted by Crippen LogP contribution is -2.68. The zero-order valence-electron chi connectivity index (χ0n) is 20.5. The number of amides is 2. The van der Waals surface area contributed by atoms with Crippen LogP contribution in [0, 0.1) is 5.41 Å². The van der Waals surface area contributed by atoms with Crippen LogP contribution in [0.5, 0.6) is 5.75 Å². The molecule has 0 aromatic heterocycles. The summed E-state index contributed by atoms with van der Waals surface area (Å²) in [7, 11) is 1.54. The molecule has 1 aromatic carbocycles. The smallest absolute Gasteiger partial charge is 0.255 e. The molecule has 1 aliphatic heterocycles. The van der Waals surface area contributed by atoms with Crippen molar-refractivity contribution in [1.29, 1.82) is 0 Å². The standard InChI is InChI=1S/C27H36FN3O4/c1-29-24(33)22(7-5-11-32)31-13-18-12-19(9-10-20(18)25(31)34)35-23-8-4-2-3-6-21(23)30-17-26-14-27(28,15-26)16-26/h9-12,21-23,30H,2-8,13-17H2,1H3,(H,29,33). The van der Waals surface area contributed by atoms with E-state index in [-0.39, 0.29) is 35.8 Å². The summed E-state index contributed by atoms with van der Waals surface area (Å²) in [4.78, 5) is 37.9. The number of hydrogen-bond donors (Lipinski definition) is 2. The molecule has 3 unspecified atom stereocenters. The molecule has 3 atom stereocenters. The lowest BCUT2D eigenvalue weighted by atomic mass is 9.42. The lowest BCUT2D eigenvalue weighted by Gasteiger charge is -2.66. The summed E-state index contributed by atoms with van der Waals surface area (Å²) < 4.78 is 20.4. The van der Waals surface area contributed by atoms with Gasteiger partial charge in [-0.25, -0.2) is 4.39 Å². The van der Waals surface area contributed by atoms with Gasteiger partial charge in [0.25, 0.3) is 5.91 Å². The highest BCUT2D eigenvalue weighted by atomic mass is 19.1. The first-order valence-electron chi connectivity index (χ1n) is 13.0. The number of nitrogens with one attached hydrogen (secondary N) is 2. The minimum absolute atomic E-state index is 0.0293. The number of ether oxygens (including phenoxy) is 1. The van der Waals surface area contributed by atoms with Crippen LogP contribution in [0.1, 0.15) is 80.1 Å². The Balaban J connectivity index is 1.25. The topological polar surface area (TPSA) is 87.7 Å². The number of alkyl halides is 1. The van der Waals surface area contributed by atoms with Crippen molar-refractivity contribution in [2.24, 2.45) is 5.41 Å². The van der Waals surface area contributed by atoms with E-state index >= 15 is 0 Å². The van der Waals surface area contributed by atoms with Crippen molar-refractivity contribution < 1.29 is 23.5 Å². The molecule has 4 aliphatic carbocycles. The molecule has 35 heavy (non-hydrogen) atoms. The molecule has 5 aliphatic rings. The molecule has 2 amide bonds. The van der Waals surface area contributed by atoms with Gasteiger partial charge < -0.3 is 25.1 Å². The van der Waals surface area contributed by atoms with Crippen LogP contribution >= 0.6 is 0 Å². The first-order chi connectivity index (χ1) is 16.9. The van der Waals surface area contributed by atoms with Crippen LogP contribution in [0.4, 0.5) is 4.39 Å². The third kappa shape index (κ3) is 4.69. The summed E-state index contributed by atoms with van der Waals surface area (Å²) >= 11 is 0. The van der Waals surface area contributed by atoms with Gasteiger partial charge in [-0.05, 0) is 74.1 Å². The van der Waals surface area contributed by atoms with Crippen molar-refractivity contribution in [1.82, 2.24) is 15.5 Å². The Morgan fingerprint density at radius 1 is 1.26 bits per heavy atom. The Kier molecular flexibility index (Phi) is 6.59. The number of aldehydes is 1. The molecule has 190 valence electrons. The molecule has 0 spiro atoms. The van der Waals surface area contributed by atoms with Gasteiger partial charge in [-0.1, -0.05) is 12.8 Å². The first kappa shape index (κ1) is 24.2. The van der Waals surface area contributed by atoms with E-state index in [1.165, 1.54) is 13.5 Å². The highest BCUT2D eigenvalue weighted by molar-refractivity contribution is 6.01. The van der Waals surface area contributed by atoms with Crippen LogP contribution in [-0.2, 0) is 16.1 Å². The summed E-state index contributed by atoms with van der Waals surface area (Å²) in [5.41, 5.74) is 0.707. The molecule has 8 heteroatoms. The van der Waals surface area contributed by atoms with E-state index in [4.69, 9.17) is 4.74 Å². The molecular weight excluding hydrogens is 449 g/mol. The summed E-state index contributed by atoms with van der Waals surface area (Å²) in [6.07, 6.45) is 8.89. The third-order valence-electron chi connectivity index (χ3n) is 8.45. The minimum atomic E-state index is -0.874. The van der Waals surface area contributed by atoms with Gasteiger partial charge in [0.05, 0.1) is 0 Å². The van der Waals surface area contributed by atoms with Crippen molar-refractivity contribution >= 4 is 18.1 Å². The number of fused-ring (bicyclic) bond motifs is 1. The number of likely N-dealkylation sites (N-methyl/N-ethyl adjacent to an activating group) is 1. The Hall–Kier alpha value is -2.48. The molecule has 2 bridgehead atoms. The van der Waals surface area contributed by atoms with E-state index < -0.39 is 11.7 Å². The average Bonchev–Trinajstić information content (AvgIpc) is 2.97. The summed E-state index contributed by atoms with van der Waals surface area (Å²) in [5, 5.41) is 6.33. The molecule has 4 fully saturated rings. The minimum Gasteiger partial charge on any atom is -0.489 e. The maximum atomic E-state index is 13.9. The van der Waals surface area contributed by atoms with Gasteiger partial charge in [-0.3, -0.25) is 9.59 Å².